The van der Waals surface area contributed by atoms with Crippen molar-refractivity contribution in [1.82, 2.24) is 15.5 Å². The topological polar surface area (TPSA) is 61.4 Å². The summed E-state index contributed by atoms with van der Waals surface area (Å²) in [6, 6.07) is -0.606. The van der Waals surface area contributed by atoms with Crippen LogP contribution >= 0.6 is 0 Å². The Hall–Kier alpha value is -1.31. The lowest BCUT2D eigenvalue weighted by Gasteiger charge is -2.33. The van der Waals surface area contributed by atoms with Crippen LogP contribution < -0.4 is 10.6 Å². The summed E-state index contributed by atoms with van der Waals surface area (Å²) in [7, 11) is 3.07. The van der Waals surface area contributed by atoms with E-state index >= 15 is 0 Å². The molecule has 0 radical (unpaired) electrons. The minimum Gasteiger partial charge on any atom is -0.359 e. The van der Waals surface area contributed by atoms with Gasteiger partial charge in [-0.05, 0) is 12.8 Å². The maximum atomic E-state index is 12.5. The van der Waals surface area contributed by atoms with Crippen LogP contribution in [0, 0.1) is 11.8 Å². The molecular formula is C13H22F3N3O2. The minimum absolute atomic E-state index is 0.0499. The smallest absolute Gasteiger partial charge is 0.359 e. The second kappa shape index (κ2) is 7.11. The van der Waals surface area contributed by atoms with Crippen LogP contribution in [0.25, 0.3) is 0 Å². The number of alkyl halides is 3. The highest BCUT2D eigenvalue weighted by Crippen LogP contribution is 2.32. The van der Waals surface area contributed by atoms with Crippen LogP contribution in [0.4, 0.5) is 13.2 Å². The molecule has 122 valence electrons. The van der Waals surface area contributed by atoms with Gasteiger partial charge in [0.25, 0.3) is 0 Å². The monoisotopic (exact) mass is 309 g/mol. The summed E-state index contributed by atoms with van der Waals surface area (Å²) >= 11 is 0. The number of hydrogen-bond donors (Lipinski definition) is 2. The van der Waals surface area contributed by atoms with Crippen molar-refractivity contribution in [3.63, 3.8) is 0 Å². The number of rotatable bonds is 4. The molecule has 0 aromatic carbocycles. The van der Waals surface area contributed by atoms with Crippen LogP contribution in [0.3, 0.4) is 0 Å². The molecule has 3 atom stereocenters. The SMILES string of the molecule is CNC(=O)C(C)CN(C)C(=O)C1CCC(C(F)(F)F)CN1. The Labute approximate surface area is 122 Å². The van der Waals surface area contributed by atoms with E-state index in [0.29, 0.717) is 0 Å². The number of amides is 2. The van der Waals surface area contributed by atoms with Crippen LogP contribution in [0.2, 0.25) is 0 Å². The first kappa shape index (κ1) is 17.7. The predicted octanol–water partition coefficient (Wildman–Crippen LogP) is 0.757. The average molecular weight is 309 g/mol. The second-order valence-electron chi connectivity index (χ2n) is 5.51. The highest BCUT2D eigenvalue weighted by atomic mass is 19.4. The third kappa shape index (κ3) is 4.87. The zero-order valence-electron chi connectivity index (χ0n) is 12.5. The summed E-state index contributed by atoms with van der Waals surface area (Å²) in [4.78, 5) is 25.0. The number of carbonyl (C=O) groups excluding carboxylic acids is 2. The average Bonchev–Trinajstić information content (AvgIpc) is 2.44. The molecule has 5 nitrogen and oxygen atoms in total. The fraction of sp³-hybridized carbons (Fsp3) is 0.846. The van der Waals surface area contributed by atoms with Crippen LogP contribution in [-0.2, 0) is 9.59 Å². The molecule has 1 aliphatic heterocycles. The van der Waals surface area contributed by atoms with Crippen molar-refractivity contribution in [3.05, 3.63) is 0 Å². The van der Waals surface area contributed by atoms with E-state index in [1.807, 2.05) is 0 Å². The zero-order chi connectivity index (χ0) is 16.2. The van der Waals surface area contributed by atoms with Gasteiger partial charge in [0.2, 0.25) is 11.8 Å². The van der Waals surface area contributed by atoms with E-state index in [-0.39, 0.29) is 43.7 Å². The maximum absolute atomic E-state index is 12.5. The van der Waals surface area contributed by atoms with E-state index in [9.17, 15) is 22.8 Å². The van der Waals surface area contributed by atoms with Gasteiger partial charge in [-0.1, -0.05) is 6.92 Å². The Morgan fingerprint density at radius 1 is 1.38 bits per heavy atom. The lowest BCUT2D eigenvalue weighted by Crippen LogP contribution is -2.52. The summed E-state index contributed by atoms with van der Waals surface area (Å²) < 4.78 is 37.6. The molecule has 1 fully saturated rings. The van der Waals surface area contributed by atoms with Gasteiger partial charge in [-0.2, -0.15) is 13.2 Å². The predicted molar refractivity (Wildman–Crippen MR) is 71.4 cm³/mol. The quantitative estimate of drug-likeness (QED) is 0.806. The number of nitrogens with one attached hydrogen (secondary N) is 2. The number of carbonyl (C=O) groups is 2. The lowest BCUT2D eigenvalue weighted by molar-refractivity contribution is -0.180. The molecule has 0 aromatic heterocycles. The van der Waals surface area contributed by atoms with Crippen LogP contribution in [0.15, 0.2) is 0 Å². The van der Waals surface area contributed by atoms with Gasteiger partial charge in [0.1, 0.15) is 0 Å². The molecular weight excluding hydrogens is 287 g/mol. The number of piperidine rings is 1. The highest BCUT2D eigenvalue weighted by molar-refractivity contribution is 5.83. The summed E-state index contributed by atoms with van der Waals surface area (Å²) in [5.41, 5.74) is 0. The summed E-state index contributed by atoms with van der Waals surface area (Å²) in [5.74, 6) is -2.21. The van der Waals surface area contributed by atoms with Crippen LogP contribution in [0.1, 0.15) is 19.8 Å². The van der Waals surface area contributed by atoms with Gasteiger partial charge in [0.15, 0.2) is 0 Å². The first-order valence-electron chi connectivity index (χ1n) is 6.93. The van der Waals surface area contributed by atoms with E-state index in [1.165, 1.54) is 11.9 Å². The molecule has 0 aromatic rings. The van der Waals surface area contributed by atoms with Crippen molar-refractivity contribution in [2.75, 3.05) is 27.2 Å². The first-order valence-corrected chi connectivity index (χ1v) is 6.93. The van der Waals surface area contributed by atoms with E-state index < -0.39 is 18.1 Å². The molecule has 2 amide bonds. The molecule has 21 heavy (non-hydrogen) atoms. The van der Waals surface area contributed by atoms with E-state index in [4.69, 9.17) is 0 Å². The van der Waals surface area contributed by atoms with Crippen molar-refractivity contribution >= 4 is 11.8 Å². The fourth-order valence-corrected chi connectivity index (χ4v) is 2.44. The molecule has 0 spiro atoms. The largest absolute Gasteiger partial charge is 0.393 e. The summed E-state index contributed by atoms with van der Waals surface area (Å²) in [6.07, 6.45) is -4.12. The van der Waals surface area contributed by atoms with Crippen molar-refractivity contribution in [3.8, 4) is 0 Å². The molecule has 1 aliphatic rings. The Balaban J connectivity index is 2.48. The Bertz CT molecular complexity index is 379. The fourth-order valence-electron chi connectivity index (χ4n) is 2.44. The van der Waals surface area contributed by atoms with Gasteiger partial charge in [0, 0.05) is 27.2 Å². The van der Waals surface area contributed by atoms with Gasteiger partial charge in [0.05, 0.1) is 17.9 Å². The van der Waals surface area contributed by atoms with Crippen LogP contribution in [0.5, 0.6) is 0 Å². The summed E-state index contributed by atoms with van der Waals surface area (Å²) in [5, 5.41) is 5.15. The van der Waals surface area contributed by atoms with Crippen molar-refractivity contribution in [2.45, 2.75) is 32.0 Å². The van der Waals surface area contributed by atoms with Gasteiger partial charge in [-0.15, -0.1) is 0 Å². The standard InChI is InChI=1S/C13H22F3N3O2/c1-8(11(20)17-2)7-19(3)12(21)10-5-4-9(6-18-10)13(14,15)16/h8-10,18H,4-7H2,1-3H3,(H,17,20). The van der Waals surface area contributed by atoms with E-state index in [0.717, 1.165) is 0 Å². The third-order valence-electron chi connectivity index (χ3n) is 3.79. The van der Waals surface area contributed by atoms with E-state index in [1.54, 1.807) is 14.0 Å². The second-order valence-corrected chi connectivity index (χ2v) is 5.51. The molecule has 8 heteroatoms. The molecule has 3 unspecified atom stereocenters. The minimum atomic E-state index is -4.22. The van der Waals surface area contributed by atoms with Crippen LogP contribution in [-0.4, -0.2) is 56.1 Å². The third-order valence-corrected chi connectivity index (χ3v) is 3.79. The summed E-state index contributed by atoms with van der Waals surface area (Å²) in [6.45, 7) is 1.69. The molecule has 0 bridgehead atoms. The Morgan fingerprint density at radius 3 is 2.43 bits per heavy atom. The molecule has 1 saturated heterocycles. The van der Waals surface area contributed by atoms with Gasteiger partial charge in [-0.3, -0.25) is 9.59 Å². The van der Waals surface area contributed by atoms with E-state index in [2.05, 4.69) is 10.6 Å². The first-order chi connectivity index (χ1) is 9.66. The van der Waals surface area contributed by atoms with Gasteiger partial charge >= 0.3 is 6.18 Å². The van der Waals surface area contributed by atoms with Crippen molar-refractivity contribution in [2.24, 2.45) is 11.8 Å². The molecule has 0 aliphatic carbocycles. The number of halogens is 3. The molecule has 1 rings (SSSR count). The Kier molecular flexibility index (Phi) is 6.00. The number of nitrogens with zero attached hydrogens (tertiary/aromatic N) is 1. The van der Waals surface area contributed by atoms with Crippen molar-refractivity contribution < 1.29 is 22.8 Å². The van der Waals surface area contributed by atoms with Crippen molar-refractivity contribution in [1.29, 1.82) is 0 Å². The molecule has 0 saturated carbocycles. The normalized spacial score (nSPS) is 24.3. The van der Waals surface area contributed by atoms with Gasteiger partial charge < -0.3 is 15.5 Å². The highest BCUT2D eigenvalue weighted by Gasteiger charge is 2.42. The zero-order valence-corrected chi connectivity index (χ0v) is 12.5. The molecule has 2 N–H and O–H groups in total. The molecule has 1 heterocycles. The maximum Gasteiger partial charge on any atom is 0.393 e. The lowest BCUT2D eigenvalue weighted by atomic mass is 9.93. The number of hydrogen-bond acceptors (Lipinski definition) is 3. The van der Waals surface area contributed by atoms with Gasteiger partial charge in [-0.25, -0.2) is 0 Å². The Morgan fingerprint density at radius 2 is 2.00 bits per heavy atom. The number of likely N-dealkylation sites (N-methyl/N-ethyl adjacent to an activating group) is 1.